The highest BCUT2D eigenvalue weighted by Gasteiger charge is 2.06. The van der Waals surface area contributed by atoms with Gasteiger partial charge in [0.1, 0.15) is 17.5 Å². The average molecular weight is 401 g/mol. The van der Waals surface area contributed by atoms with Crippen LogP contribution in [-0.2, 0) is 6.42 Å². The number of aryl methyl sites for hydroxylation is 1. The minimum atomic E-state index is 0.595. The third kappa shape index (κ3) is 3.91. The zero-order chi connectivity index (χ0) is 14.5. The van der Waals surface area contributed by atoms with Crippen molar-refractivity contribution in [1.82, 2.24) is 9.97 Å². The summed E-state index contributed by atoms with van der Waals surface area (Å²) in [6, 6.07) is 7.67. The van der Waals surface area contributed by atoms with Gasteiger partial charge in [0.15, 0.2) is 0 Å². The Bertz CT molecular complexity index is 603. The number of hydrogen-bond acceptors (Lipinski definition) is 5. The van der Waals surface area contributed by atoms with Gasteiger partial charge in [-0.15, -0.1) is 0 Å². The summed E-state index contributed by atoms with van der Waals surface area (Å²) in [5.74, 6) is 7.51. The number of benzene rings is 1. The van der Waals surface area contributed by atoms with Crippen molar-refractivity contribution >= 4 is 49.2 Å². The van der Waals surface area contributed by atoms with Crippen LogP contribution in [-0.4, -0.2) is 9.97 Å². The van der Waals surface area contributed by atoms with Crippen molar-refractivity contribution in [2.24, 2.45) is 5.84 Å². The van der Waals surface area contributed by atoms with E-state index in [1.165, 1.54) is 0 Å². The number of nitrogens with zero attached hydrogens (tertiary/aromatic N) is 2. The number of nitrogens with one attached hydrogen (secondary N) is 2. The number of anilines is 3. The highest BCUT2D eigenvalue weighted by Crippen LogP contribution is 2.29. The lowest BCUT2D eigenvalue weighted by molar-refractivity contribution is 0.837. The molecule has 0 saturated heterocycles. The Balaban J connectivity index is 2.32. The molecule has 1 aromatic heterocycles. The number of halogens is 2. The van der Waals surface area contributed by atoms with Crippen molar-refractivity contribution in [3.05, 3.63) is 39.0 Å². The average Bonchev–Trinajstić information content (AvgIpc) is 2.43. The van der Waals surface area contributed by atoms with Crippen molar-refractivity contribution < 1.29 is 0 Å². The summed E-state index contributed by atoms with van der Waals surface area (Å²) in [4.78, 5) is 8.80. The van der Waals surface area contributed by atoms with Gasteiger partial charge < -0.3 is 10.7 Å². The van der Waals surface area contributed by atoms with Crippen LogP contribution in [0.4, 0.5) is 17.3 Å². The molecule has 0 aliphatic carbocycles. The first-order chi connectivity index (χ1) is 9.62. The van der Waals surface area contributed by atoms with Gasteiger partial charge in [0.05, 0.1) is 5.69 Å². The van der Waals surface area contributed by atoms with Crippen molar-refractivity contribution in [2.45, 2.75) is 19.8 Å². The molecule has 20 heavy (non-hydrogen) atoms. The molecule has 0 aliphatic heterocycles. The van der Waals surface area contributed by atoms with Crippen LogP contribution in [0.3, 0.4) is 0 Å². The van der Waals surface area contributed by atoms with Gasteiger partial charge in [-0.2, -0.15) is 0 Å². The first-order valence-electron chi connectivity index (χ1n) is 6.19. The van der Waals surface area contributed by atoms with Crippen LogP contribution in [0.2, 0.25) is 0 Å². The van der Waals surface area contributed by atoms with Crippen molar-refractivity contribution in [2.75, 3.05) is 10.7 Å². The second-order valence-electron chi connectivity index (χ2n) is 4.20. The fourth-order valence-electron chi connectivity index (χ4n) is 1.70. The third-order valence-electron chi connectivity index (χ3n) is 2.59. The van der Waals surface area contributed by atoms with Gasteiger partial charge in [0.25, 0.3) is 0 Å². The Morgan fingerprint density at radius 2 is 1.90 bits per heavy atom. The molecule has 5 nitrogen and oxygen atoms in total. The normalized spacial score (nSPS) is 10.4. The lowest BCUT2D eigenvalue weighted by Gasteiger charge is -2.11. The molecule has 0 amide bonds. The van der Waals surface area contributed by atoms with E-state index in [9.17, 15) is 0 Å². The first kappa shape index (κ1) is 15.2. The molecule has 0 fully saturated rings. The van der Waals surface area contributed by atoms with Crippen LogP contribution in [0.25, 0.3) is 0 Å². The molecule has 1 heterocycles. The largest absolute Gasteiger partial charge is 0.339 e. The Morgan fingerprint density at radius 1 is 1.15 bits per heavy atom. The quantitative estimate of drug-likeness (QED) is 0.522. The molecule has 0 radical (unpaired) electrons. The zero-order valence-corrected chi connectivity index (χ0v) is 14.1. The van der Waals surface area contributed by atoms with Crippen molar-refractivity contribution in [3.8, 4) is 0 Å². The summed E-state index contributed by atoms with van der Waals surface area (Å²) in [5.41, 5.74) is 3.49. The lowest BCUT2D eigenvalue weighted by Crippen LogP contribution is -2.11. The van der Waals surface area contributed by atoms with Crippen LogP contribution >= 0.6 is 31.9 Å². The molecule has 1 aromatic carbocycles. The van der Waals surface area contributed by atoms with E-state index in [1.807, 2.05) is 18.2 Å². The summed E-state index contributed by atoms with van der Waals surface area (Å²) in [6.07, 6.45) is 1.79. The number of nitrogens with two attached hydrogens (primary N) is 1. The second kappa shape index (κ2) is 7.01. The SMILES string of the molecule is CCCc1nc(NN)cc(Nc2cc(Br)ccc2Br)n1. The smallest absolute Gasteiger partial charge is 0.145 e. The predicted octanol–water partition coefficient (Wildman–Crippen LogP) is 3.98. The maximum atomic E-state index is 5.45. The molecule has 0 saturated carbocycles. The molecule has 0 bridgehead atoms. The Morgan fingerprint density at radius 3 is 2.60 bits per heavy atom. The predicted molar refractivity (Wildman–Crippen MR) is 89.0 cm³/mol. The number of aromatic nitrogens is 2. The molecule has 0 unspecified atom stereocenters. The molecule has 0 aliphatic rings. The molecule has 2 aromatic rings. The molecule has 106 valence electrons. The van der Waals surface area contributed by atoms with Crippen LogP contribution < -0.4 is 16.6 Å². The van der Waals surface area contributed by atoms with E-state index in [0.717, 1.165) is 33.3 Å². The molecular formula is C13H15Br2N5. The number of hydrazine groups is 1. The van der Waals surface area contributed by atoms with E-state index >= 15 is 0 Å². The molecule has 7 heteroatoms. The van der Waals surface area contributed by atoms with E-state index < -0.39 is 0 Å². The summed E-state index contributed by atoms with van der Waals surface area (Å²) < 4.78 is 1.95. The van der Waals surface area contributed by atoms with E-state index in [4.69, 9.17) is 5.84 Å². The van der Waals surface area contributed by atoms with Gasteiger partial charge in [0.2, 0.25) is 0 Å². The van der Waals surface area contributed by atoms with Crippen LogP contribution in [0.15, 0.2) is 33.2 Å². The highest BCUT2D eigenvalue weighted by atomic mass is 79.9. The van der Waals surface area contributed by atoms with Crippen LogP contribution in [0, 0.1) is 0 Å². The Hall–Kier alpha value is -1.18. The minimum Gasteiger partial charge on any atom is -0.339 e. The topological polar surface area (TPSA) is 75.9 Å². The van der Waals surface area contributed by atoms with Crippen molar-refractivity contribution in [3.63, 3.8) is 0 Å². The molecule has 2 rings (SSSR count). The number of rotatable bonds is 5. The van der Waals surface area contributed by atoms with Crippen molar-refractivity contribution in [1.29, 1.82) is 0 Å². The Labute approximate surface area is 134 Å². The van der Waals surface area contributed by atoms with E-state index in [0.29, 0.717) is 11.6 Å². The van der Waals surface area contributed by atoms with Gasteiger partial charge in [0, 0.05) is 21.4 Å². The minimum absolute atomic E-state index is 0.595. The maximum absolute atomic E-state index is 5.45. The summed E-state index contributed by atoms with van der Waals surface area (Å²) >= 11 is 6.96. The van der Waals surface area contributed by atoms with E-state index in [2.05, 4.69) is 59.5 Å². The fourth-order valence-corrected chi connectivity index (χ4v) is 2.41. The summed E-state index contributed by atoms with van der Waals surface area (Å²) in [6.45, 7) is 2.09. The van der Waals surface area contributed by atoms with Crippen LogP contribution in [0.5, 0.6) is 0 Å². The molecule has 0 spiro atoms. The van der Waals surface area contributed by atoms with Gasteiger partial charge in [-0.1, -0.05) is 22.9 Å². The zero-order valence-electron chi connectivity index (χ0n) is 11.0. The molecule has 0 atom stereocenters. The van der Waals surface area contributed by atoms with Gasteiger partial charge in [-0.25, -0.2) is 15.8 Å². The maximum Gasteiger partial charge on any atom is 0.145 e. The van der Waals surface area contributed by atoms with E-state index in [1.54, 1.807) is 6.07 Å². The second-order valence-corrected chi connectivity index (χ2v) is 5.97. The van der Waals surface area contributed by atoms with Crippen LogP contribution in [0.1, 0.15) is 19.2 Å². The summed E-state index contributed by atoms with van der Waals surface area (Å²) in [5, 5.41) is 3.26. The fraction of sp³-hybridized carbons (Fsp3) is 0.231. The molecular weight excluding hydrogens is 386 g/mol. The highest BCUT2D eigenvalue weighted by molar-refractivity contribution is 9.11. The number of hydrogen-bond donors (Lipinski definition) is 3. The standard InChI is InChI=1S/C13H15Br2N5/c1-2-3-11-18-12(7-13(19-11)20-16)17-10-6-8(14)4-5-9(10)15/h4-7H,2-3,16H2,1H3,(H2,17,18,19,20). The van der Waals surface area contributed by atoms with Gasteiger partial charge >= 0.3 is 0 Å². The lowest BCUT2D eigenvalue weighted by atomic mass is 10.3. The summed E-state index contributed by atoms with van der Waals surface area (Å²) in [7, 11) is 0. The van der Waals surface area contributed by atoms with Gasteiger partial charge in [-0.3, -0.25) is 0 Å². The van der Waals surface area contributed by atoms with E-state index in [-0.39, 0.29) is 0 Å². The first-order valence-corrected chi connectivity index (χ1v) is 7.77. The third-order valence-corrected chi connectivity index (χ3v) is 3.77. The Kier molecular flexibility index (Phi) is 5.33. The molecule has 4 N–H and O–H groups in total. The monoisotopic (exact) mass is 399 g/mol. The number of nitrogen functional groups attached to an aromatic ring is 1. The van der Waals surface area contributed by atoms with Gasteiger partial charge in [-0.05, 0) is 40.5 Å².